The second kappa shape index (κ2) is 7.50. The summed E-state index contributed by atoms with van der Waals surface area (Å²) in [5.41, 5.74) is 0. The van der Waals surface area contributed by atoms with Crippen molar-refractivity contribution in [3.8, 4) is 0 Å². The largest absolute Gasteiger partial charge is 0.490 e. The summed E-state index contributed by atoms with van der Waals surface area (Å²) < 4.78 is 37.4. The number of carboxylic acids is 1. The fourth-order valence-electron chi connectivity index (χ4n) is 1.36. The highest BCUT2D eigenvalue weighted by molar-refractivity contribution is 5.73. The molecule has 0 unspecified atom stereocenters. The SMILES string of the molecule is CCC[C@@H]1CNC[C@H](C)O1.O=C(O)C(F)(F)F. The zero-order chi connectivity index (χ0) is 13.5. The van der Waals surface area contributed by atoms with Crippen molar-refractivity contribution in [1.82, 2.24) is 5.32 Å². The predicted molar refractivity (Wildman–Crippen MR) is 55.8 cm³/mol. The first-order valence-corrected chi connectivity index (χ1v) is 5.43. The first-order valence-electron chi connectivity index (χ1n) is 5.43. The van der Waals surface area contributed by atoms with Gasteiger partial charge >= 0.3 is 12.1 Å². The van der Waals surface area contributed by atoms with Crippen molar-refractivity contribution in [2.75, 3.05) is 13.1 Å². The summed E-state index contributed by atoms with van der Waals surface area (Å²) in [4.78, 5) is 8.90. The topological polar surface area (TPSA) is 58.6 Å². The summed E-state index contributed by atoms with van der Waals surface area (Å²) in [6.07, 6.45) is -1.80. The van der Waals surface area contributed by atoms with Crippen LogP contribution in [0.25, 0.3) is 0 Å². The van der Waals surface area contributed by atoms with Crippen LogP contribution in [-0.2, 0) is 9.53 Å². The highest BCUT2D eigenvalue weighted by atomic mass is 19.4. The molecule has 17 heavy (non-hydrogen) atoms. The molecule has 0 amide bonds. The van der Waals surface area contributed by atoms with E-state index in [0.29, 0.717) is 12.2 Å². The number of carbonyl (C=O) groups is 1. The van der Waals surface area contributed by atoms with Crippen LogP contribution in [0.4, 0.5) is 13.2 Å². The van der Waals surface area contributed by atoms with Crippen LogP contribution < -0.4 is 5.32 Å². The molecule has 2 N–H and O–H groups in total. The lowest BCUT2D eigenvalue weighted by atomic mass is 10.2. The summed E-state index contributed by atoms with van der Waals surface area (Å²) in [7, 11) is 0. The van der Waals surface area contributed by atoms with E-state index in [1.807, 2.05) is 0 Å². The quantitative estimate of drug-likeness (QED) is 0.792. The lowest BCUT2D eigenvalue weighted by molar-refractivity contribution is -0.192. The Morgan fingerprint density at radius 3 is 2.35 bits per heavy atom. The summed E-state index contributed by atoms with van der Waals surface area (Å²) in [5.74, 6) is -2.76. The standard InChI is InChI=1S/C8H17NO.C2HF3O2/c1-3-4-8-6-9-5-7(2)10-8;3-2(4,5)1(6)7/h7-9H,3-6H2,1-2H3;(H,6,7)/t7-,8+;/m0./s1. The minimum atomic E-state index is -5.08. The highest BCUT2D eigenvalue weighted by Crippen LogP contribution is 2.13. The van der Waals surface area contributed by atoms with Crippen LogP contribution in [-0.4, -0.2) is 42.5 Å². The van der Waals surface area contributed by atoms with E-state index in [9.17, 15) is 13.2 Å². The number of halogens is 3. The van der Waals surface area contributed by atoms with Gasteiger partial charge in [-0.3, -0.25) is 0 Å². The van der Waals surface area contributed by atoms with Crippen molar-refractivity contribution in [2.45, 2.75) is 45.1 Å². The van der Waals surface area contributed by atoms with Gasteiger partial charge in [0.1, 0.15) is 0 Å². The van der Waals surface area contributed by atoms with Crippen molar-refractivity contribution in [3.63, 3.8) is 0 Å². The van der Waals surface area contributed by atoms with E-state index in [-0.39, 0.29) is 0 Å². The van der Waals surface area contributed by atoms with Gasteiger partial charge in [0.25, 0.3) is 0 Å². The average molecular weight is 257 g/mol. The summed E-state index contributed by atoms with van der Waals surface area (Å²) in [5, 5.41) is 10.5. The Kier molecular flexibility index (Phi) is 7.13. The van der Waals surface area contributed by atoms with Crippen molar-refractivity contribution in [2.24, 2.45) is 0 Å². The third kappa shape index (κ3) is 7.98. The van der Waals surface area contributed by atoms with Crippen LogP contribution >= 0.6 is 0 Å². The third-order valence-electron chi connectivity index (χ3n) is 2.08. The molecule has 0 aromatic carbocycles. The Bertz CT molecular complexity index is 231. The molecule has 1 fully saturated rings. The Morgan fingerprint density at radius 1 is 1.47 bits per heavy atom. The zero-order valence-electron chi connectivity index (χ0n) is 9.88. The average Bonchev–Trinajstić information content (AvgIpc) is 2.17. The number of hydrogen-bond acceptors (Lipinski definition) is 3. The van der Waals surface area contributed by atoms with E-state index in [0.717, 1.165) is 13.1 Å². The lowest BCUT2D eigenvalue weighted by Crippen LogP contribution is -2.43. The van der Waals surface area contributed by atoms with Gasteiger partial charge in [-0.05, 0) is 13.3 Å². The number of nitrogens with one attached hydrogen (secondary N) is 1. The molecule has 0 radical (unpaired) electrons. The molecule has 1 aliphatic heterocycles. The zero-order valence-corrected chi connectivity index (χ0v) is 9.88. The molecule has 2 atom stereocenters. The second-order valence-electron chi connectivity index (χ2n) is 3.82. The number of alkyl halides is 3. The van der Waals surface area contributed by atoms with Crippen LogP contribution in [0.2, 0.25) is 0 Å². The number of carboxylic acid groups (broad SMARTS) is 1. The van der Waals surface area contributed by atoms with Gasteiger partial charge in [-0.1, -0.05) is 13.3 Å². The van der Waals surface area contributed by atoms with E-state index in [1.165, 1.54) is 12.8 Å². The van der Waals surface area contributed by atoms with E-state index in [4.69, 9.17) is 14.6 Å². The Hall–Kier alpha value is -0.820. The number of rotatable bonds is 2. The maximum Gasteiger partial charge on any atom is 0.490 e. The molecule has 1 heterocycles. The number of ether oxygens (including phenoxy) is 1. The van der Waals surface area contributed by atoms with E-state index in [1.54, 1.807) is 0 Å². The molecule has 0 spiro atoms. The number of morpholine rings is 1. The van der Waals surface area contributed by atoms with Crippen LogP contribution in [0.5, 0.6) is 0 Å². The summed E-state index contributed by atoms with van der Waals surface area (Å²) in [6.45, 7) is 6.37. The first kappa shape index (κ1) is 16.2. The molecule has 7 heteroatoms. The van der Waals surface area contributed by atoms with Gasteiger partial charge < -0.3 is 15.2 Å². The second-order valence-corrected chi connectivity index (χ2v) is 3.82. The highest BCUT2D eigenvalue weighted by Gasteiger charge is 2.38. The molecule has 0 saturated carbocycles. The number of aliphatic carboxylic acids is 1. The summed E-state index contributed by atoms with van der Waals surface area (Å²) >= 11 is 0. The molecular formula is C10H18F3NO3. The normalized spacial score (nSPS) is 24.8. The molecule has 0 aliphatic carbocycles. The molecule has 102 valence electrons. The smallest absolute Gasteiger partial charge is 0.475 e. The minimum Gasteiger partial charge on any atom is -0.475 e. The van der Waals surface area contributed by atoms with Crippen LogP contribution in [0, 0.1) is 0 Å². The van der Waals surface area contributed by atoms with Crippen LogP contribution in [0.15, 0.2) is 0 Å². The molecule has 1 saturated heterocycles. The molecule has 1 rings (SSSR count). The monoisotopic (exact) mass is 257 g/mol. The first-order chi connectivity index (χ1) is 7.77. The van der Waals surface area contributed by atoms with Crippen molar-refractivity contribution < 1.29 is 27.8 Å². The van der Waals surface area contributed by atoms with Gasteiger partial charge in [0.05, 0.1) is 12.2 Å². The lowest BCUT2D eigenvalue weighted by Gasteiger charge is -2.28. The molecule has 0 aromatic heterocycles. The van der Waals surface area contributed by atoms with Crippen molar-refractivity contribution in [3.05, 3.63) is 0 Å². The molecule has 0 bridgehead atoms. The van der Waals surface area contributed by atoms with Gasteiger partial charge in [-0.25, -0.2) is 4.79 Å². The van der Waals surface area contributed by atoms with Gasteiger partial charge in [0, 0.05) is 13.1 Å². The fourth-order valence-corrected chi connectivity index (χ4v) is 1.36. The molecular weight excluding hydrogens is 239 g/mol. The van der Waals surface area contributed by atoms with Crippen molar-refractivity contribution in [1.29, 1.82) is 0 Å². The third-order valence-corrected chi connectivity index (χ3v) is 2.08. The maximum atomic E-state index is 10.6. The van der Waals surface area contributed by atoms with Crippen LogP contribution in [0.3, 0.4) is 0 Å². The molecule has 4 nitrogen and oxygen atoms in total. The maximum absolute atomic E-state index is 10.6. The van der Waals surface area contributed by atoms with E-state index >= 15 is 0 Å². The van der Waals surface area contributed by atoms with E-state index < -0.39 is 12.1 Å². The Morgan fingerprint density at radius 2 is 2.00 bits per heavy atom. The minimum absolute atomic E-state index is 0.408. The number of hydrogen-bond donors (Lipinski definition) is 2. The molecule has 0 aromatic rings. The van der Waals surface area contributed by atoms with Gasteiger partial charge in [0.2, 0.25) is 0 Å². The predicted octanol–water partition coefficient (Wildman–Crippen LogP) is 1.80. The Labute approximate surface area is 98.1 Å². The Balaban J connectivity index is 0.000000325. The van der Waals surface area contributed by atoms with Gasteiger partial charge in [-0.15, -0.1) is 0 Å². The fraction of sp³-hybridized carbons (Fsp3) is 0.900. The van der Waals surface area contributed by atoms with Gasteiger partial charge in [0.15, 0.2) is 0 Å². The van der Waals surface area contributed by atoms with Crippen LogP contribution in [0.1, 0.15) is 26.7 Å². The van der Waals surface area contributed by atoms with E-state index in [2.05, 4.69) is 19.2 Å². The van der Waals surface area contributed by atoms with Crippen molar-refractivity contribution >= 4 is 5.97 Å². The molecule has 1 aliphatic rings. The van der Waals surface area contributed by atoms with Gasteiger partial charge in [-0.2, -0.15) is 13.2 Å². The summed E-state index contributed by atoms with van der Waals surface area (Å²) in [6, 6.07) is 0.